The summed E-state index contributed by atoms with van der Waals surface area (Å²) in [6.07, 6.45) is 6.88. The molecule has 1 aromatic carbocycles. The average molecular weight is 431 g/mol. The van der Waals surface area contributed by atoms with Crippen LogP contribution >= 0.6 is 0 Å². The zero-order valence-electron chi connectivity index (χ0n) is 17.0. The van der Waals surface area contributed by atoms with E-state index in [9.17, 15) is 8.42 Å². The van der Waals surface area contributed by atoms with Gasteiger partial charge in [-0.1, -0.05) is 0 Å². The Morgan fingerprint density at radius 1 is 1.10 bits per heavy atom. The predicted molar refractivity (Wildman–Crippen MR) is 114 cm³/mol. The first-order valence-electron chi connectivity index (χ1n) is 10.2. The van der Waals surface area contributed by atoms with Gasteiger partial charge in [0.2, 0.25) is 10.0 Å². The lowest BCUT2D eigenvalue weighted by atomic mass is 10.1. The molecular formula is C20H26N6O3S. The summed E-state index contributed by atoms with van der Waals surface area (Å²) in [5.41, 5.74) is 0.714. The fourth-order valence-electron chi connectivity index (χ4n) is 3.65. The van der Waals surface area contributed by atoms with E-state index in [4.69, 9.17) is 4.74 Å². The molecule has 1 N–H and O–H groups in total. The van der Waals surface area contributed by atoms with Crippen LogP contribution in [0.4, 0.5) is 5.82 Å². The lowest BCUT2D eigenvalue weighted by molar-refractivity contribution is 0.340. The van der Waals surface area contributed by atoms with E-state index in [-0.39, 0.29) is 11.4 Å². The maximum atomic E-state index is 12.5. The molecule has 3 aromatic rings. The maximum absolute atomic E-state index is 12.5. The normalized spacial score (nSPS) is 14.9. The molecule has 30 heavy (non-hydrogen) atoms. The van der Waals surface area contributed by atoms with Crippen molar-refractivity contribution in [3.8, 4) is 5.75 Å². The highest BCUT2D eigenvalue weighted by Crippen LogP contribution is 2.25. The number of fused-ring (bicyclic) bond motifs is 1. The van der Waals surface area contributed by atoms with Gasteiger partial charge in [-0.05, 0) is 50.5 Å². The van der Waals surface area contributed by atoms with Crippen molar-refractivity contribution in [2.75, 3.05) is 31.1 Å². The first-order chi connectivity index (χ1) is 14.6. The van der Waals surface area contributed by atoms with Crippen molar-refractivity contribution >= 4 is 26.9 Å². The Bertz CT molecular complexity index is 1090. The van der Waals surface area contributed by atoms with Crippen molar-refractivity contribution in [3.05, 3.63) is 36.8 Å². The number of piperidine rings is 1. The van der Waals surface area contributed by atoms with Gasteiger partial charge < -0.3 is 9.64 Å². The highest BCUT2D eigenvalue weighted by atomic mass is 32.2. The van der Waals surface area contributed by atoms with Crippen LogP contribution in [0.5, 0.6) is 5.75 Å². The monoisotopic (exact) mass is 430 g/mol. The smallest absolute Gasteiger partial charge is 0.240 e. The molecule has 0 atom stereocenters. The summed E-state index contributed by atoms with van der Waals surface area (Å²) >= 11 is 0. The zero-order valence-corrected chi connectivity index (χ0v) is 17.8. The molecule has 1 aliphatic rings. The van der Waals surface area contributed by atoms with Gasteiger partial charge in [-0.3, -0.25) is 0 Å². The summed E-state index contributed by atoms with van der Waals surface area (Å²) in [7, 11) is -3.61. The first-order valence-corrected chi connectivity index (χ1v) is 11.7. The number of nitrogens with zero attached hydrogens (tertiary/aromatic N) is 5. The molecule has 160 valence electrons. The Morgan fingerprint density at radius 2 is 1.87 bits per heavy atom. The lowest BCUT2D eigenvalue weighted by Gasteiger charge is -2.27. The average Bonchev–Trinajstić information content (AvgIpc) is 3.18. The lowest BCUT2D eigenvalue weighted by Crippen LogP contribution is -2.30. The molecule has 4 rings (SSSR count). The van der Waals surface area contributed by atoms with Crippen molar-refractivity contribution < 1.29 is 13.2 Å². The van der Waals surface area contributed by atoms with E-state index in [0.717, 1.165) is 37.1 Å². The van der Waals surface area contributed by atoms with Gasteiger partial charge in [-0.15, -0.1) is 0 Å². The minimum Gasteiger partial charge on any atom is -0.494 e. The fraction of sp³-hybridized carbons (Fsp3) is 0.450. The molecule has 1 aliphatic heterocycles. The van der Waals surface area contributed by atoms with E-state index in [1.807, 2.05) is 6.92 Å². The summed E-state index contributed by atoms with van der Waals surface area (Å²) in [6.45, 7) is 4.96. The molecule has 0 radical (unpaired) electrons. The van der Waals surface area contributed by atoms with Crippen LogP contribution in [-0.4, -0.2) is 54.4 Å². The number of nitrogens with one attached hydrogen (secondary N) is 1. The number of aromatic nitrogens is 4. The highest BCUT2D eigenvalue weighted by Gasteiger charge is 2.18. The second kappa shape index (κ2) is 8.97. The molecule has 0 unspecified atom stereocenters. The molecule has 0 aliphatic carbocycles. The van der Waals surface area contributed by atoms with Crippen LogP contribution in [0, 0.1) is 0 Å². The molecule has 0 bridgehead atoms. The van der Waals surface area contributed by atoms with Gasteiger partial charge in [-0.2, -0.15) is 5.10 Å². The maximum Gasteiger partial charge on any atom is 0.240 e. The number of anilines is 1. The van der Waals surface area contributed by atoms with Gasteiger partial charge in [0.25, 0.3) is 0 Å². The van der Waals surface area contributed by atoms with E-state index in [1.165, 1.54) is 18.6 Å². The van der Waals surface area contributed by atoms with Crippen LogP contribution in [0.3, 0.4) is 0 Å². The molecule has 0 spiro atoms. The summed E-state index contributed by atoms with van der Waals surface area (Å²) in [6, 6.07) is 6.37. The van der Waals surface area contributed by atoms with Crippen LogP contribution in [0.1, 0.15) is 26.2 Å². The van der Waals surface area contributed by atoms with Crippen molar-refractivity contribution in [1.29, 1.82) is 0 Å². The van der Waals surface area contributed by atoms with E-state index < -0.39 is 10.0 Å². The highest BCUT2D eigenvalue weighted by molar-refractivity contribution is 7.89. The quantitative estimate of drug-likeness (QED) is 0.584. The van der Waals surface area contributed by atoms with Gasteiger partial charge in [0.1, 0.15) is 17.9 Å². The fourth-order valence-corrected chi connectivity index (χ4v) is 4.67. The van der Waals surface area contributed by atoms with Crippen LogP contribution in [-0.2, 0) is 16.6 Å². The Morgan fingerprint density at radius 3 is 2.60 bits per heavy atom. The molecule has 9 nitrogen and oxygen atoms in total. The van der Waals surface area contributed by atoms with Crippen molar-refractivity contribution in [2.24, 2.45) is 0 Å². The Balaban J connectivity index is 1.43. The third-order valence-electron chi connectivity index (χ3n) is 5.13. The summed E-state index contributed by atoms with van der Waals surface area (Å²) in [5.74, 6) is 1.55. The van der Waals surface area contributed by atoms with E-state index in [1.54, 1.807) is 29.3 Å². The molecule has 1 saturated heterocycles. The number of hydrogen-bond acceptors (Lipinski definition) is 7. The second-order valence-corrected chi connectivity index (χ2v) is 8.92. The number of rotatable bonds is 8. The number of hydrogen-bond donors (Lipinski definition) is 1. The number of sulfonamides is 1. The number of benzene rings is 1. The Labute approximate surface area is 176 Å². The minimum absolute atomic E-state index is 0.200. The third kappa shape index (κ3) is 4.39. The van der Waals surface area contributed by atoms with Crippen LogP contribution < -0.4 is 14.4 Å². The zero-order chi connectivity index (χ0) is 21.0. The van der Waals surface area contributed by atoms with Gasteiger partial charge in [0.15, 0.2) is 5.65 Å². The van der Waals surface area contributed by atoms with Crippen molar-refractivity contribution in [1.82, 2.24) is 24.5 Å². The van der Waals surface area contributed by atoms with E-state index in [2.05, 4.69) is 24.7 Å². The summed E-state index contributed by atoms with van der Waals surface area (Å²) < 4.78 is 34.8. The van der Waals surface area contributed by atoms with Crippen molar-refractivity contribution in [2.45, 2.75) is 37.6 Å². The van der Waals surface area contributed by atoms with Crippen LogP contribution in [0.2, 0.25) is 0 Å². The molecule has 3 heterocycles. The Hall–Kier alpha value is -2.72. The largest absolute Gasteiger partial charge is 0.494 e. The number of ether oxygens (including phenoxy) is 1. The second-order valence-electron chi connectivity index (χ2n) is 7.15. The van der Waals surface area contributed by atoms with Crippen molar-refractivity contribution in [3.63, 3.8) is 0 Å². The topological polar surface area (TPSA) is 102 Å². The summed E-state index contributed by atoms with van der Waals surface area (Å²) in [4.78, 5) is 11.3. The van der Waals surface area contributed by atoms with Gasteiger partial charge in [-0.25, -0.2) is 27.8 Å². The first kappa shape index (κ1) is 20.5. The standard InChI is InChI=1S/C20H26N6O3S/c1-2-29-16-6-8-17(9-7-16)30(27,28)24-10-13-26-20-18(14-23-26)19(21-15-22-20)25-11-4-3-5-12-25/h6-9,14-15,24H,2-5,10-13H2,1H3. The third-order valence-corrected chi connectivity index (χ3v) is 6.61. The molecule has 0 amide bonds. The van der Waals surface area contributed by atoms with Crippen LogP contribution in [0.15, 0.2) is 41.7 Å². The van der Waals surface area contributed by atoms with Gasteiger partial charge in [0, 0.05) is 19.6 Å². The predicted octanol–water partition coefficient (Wildman–Crippen LogP) is 2.19. The molecule has 1 fully saturated rings. The van der Waals surface area contributed by atoms with Crippen LogP contribution in [0.25, 0.3) is 11.0 Å². The molecular weight excluding hydrogens is 404 g/mol. The van der Waals surface area contributed by atoms with Gasteiger partial charge in [0.05, 0.1) is 29.6 Å². The Kier molecular flexibility index (Phi) is 6.14. The summed E-state index contributed by atoms with van der Waals surface area (Å²) in [5, 5.41) is 5.31. The molecule has 2 aromatic heterocycles. The molecule has 10 heteroatoms. The molecule has 0 saturated carbocycles. The van der Waals surface area contributed by atoms with E-state index in [0.29, 0.717) is 24.5 Å². The SMILES string of the molecule is CCOc1ccc(S(=O)(=O)NCCn2ncc3c(N4CCCCC4)ncnc32)cc1. The van der Waals surface area contributed by atoms with E-state index >= 15 is 0 Å². The minimum atomic E-state index is -3.61. The van der Waals surface area contributed by atoms with Gasteiger partial charge >= 0.3 is 0 Å².